The van der Waals surface area contributed by atoms with Crippen molar-refractivity contribution in [3.05, 3.63) is 36.5 Å². The molecule has 6 nitrogen and oxygen atoms in total. The molecule has 0 spiro atoms. The number of unbranched alkanes of at least 4 members (excludes halogenated alkanes) is 38. The molecule has 2 atom stereocenters. The summed E-state index contributed by atoms with van der Waals surface area (Å²) in [5.74, 6) is -0.116. The first-order valence-electron chi connectivity index (χ1n) is 28.8. The lowest BCUT2D eigenvalue weighted by Gasteiger charge is -2.20. The number of ether oxygens (including phenoxy) is 1. The van der Waals surface area contributed by atoms with Gasteiger partial charge in [-0.15, -0.1) is 0 Å². The molecule has 382 valence electrons. The molecule has 0 heterocycles. The molecule has 0 saturated heterocycles. The molecule has 0 bridgehead atoms. The molecule has 0 aromatic rings. The van der Waals surface area contributed by atoms with Crippen LogP contribution in [-0.4, -0.2) is 47.4 Å². The van der Waals surface area contributed by atoms with Crippen molar-refractivity contribution in [3.63, 3.8) is 0 Å². The predicted octanol–water partition coefficient (Wildman–Crippen LogP) is 17.6. The van der Waals surface area contributed by atoms with Crippen LogP contribution in [0.15, 0.2) is 36.5 Å². The predicted molar refractivity (Wildman–Crippen MR) is 283 cm³/mol. The number of allylic oxidation sites excluding steroid dienone is 5. The molecule has 0 aliphatic heterocycles. The number of amides is 1. The zero-order valence-electron chi connectivity index (χ0n) is 43.5. The highest BCUT2D eigenvalue weighted by Gasteiger charge is 2.18. The quantitative estimate of drug-likeness (QED) is 0.0321. The largest absolute Gasteiger partial charge is 0.466 e. The van der Waals surface area contributed by atoms with Crippen molar-refractivity contribution in [2.24, 2.45) is 0 Å². The third kappa shape index (κ3) is 51.3. The molecule has 0 aromatic heterocycles. The molecule has 0 rings (SSSR count). The van der Waals surface area contributed by atoms with Crippen LogP contribution >= 0.6 is 0 Å². The maximum atomic E-state index is 12.5. The van der Waals surface area contributed by atoms with Crippen molar-refractivity contribution in [2.45, 2.75) is 315 Å². The van der Waals surface area contributed by atoms with Gasteiger partial charge in [-0.1, -0.05) is 269 Å². The number of aliphatic hydroxyl groups is 2. The first-order chi connectivity index (χ1) is 32.0. The van der Waals surface area contributed by atoms with E-state index in [1.807, 2.05) is 6.08 Å². The van der Waals surface area contributed by atoms with Gasteiger partial charge in [-0.05, 0) is 57.8 Å². The fourth-order valence-electron chi connectivity index (χ4n) is 8.73. The molecule has 65 heavy (non-hydrogen) atoms. The summed E-state index contributed by atoms with van der Waals surface area (Å²) in [4.78, 5) is 24.5. The van der Waals surface area contributed by atoms with E-state index >= 15 is 0 Å². The summed E-state index contributed by atoms with van der Waals surface area (Å²) in [5, 5.41) is 23.2. The van der Waals surface area contributed by atoms with E-state index in [0.29, 0.717) is 19.4 Å². The maximum absolute atomic E-state index is 12.5. The monoisotopic (exact) mass is 914 g/mol. The van der Waals surface area contributed by atoms with Gasteiger partial charge in [0.05, 0.1) is 25.4 Å². The molecule has 0 saturated carbocycles. The number of rotatable bonds is 53. The highest BCUT2D eigenvalue weighted by molar-refractivity contribution is 5.76. The van der Waals surface area contributed by atoms with Gasteiger partial charge < -0.3 is 20.3 Å². The van der Waals surface area contributed by atoms with Gasteiger partial charge in [0.25, 0.3) is 0 Å². The zero-order chi connectivity index (χ0) is 47.2. The molecule has 2 unspecified atom stereocenters. The topological polar surface area (TPSA) is 95.9 Å². The van der Waals surface area contributed by atoms with Crippen LogP contribution in [-0.2, 0) is 14.3 Å². The van der Waals surface area contributed by atoms with Gasteiger partial charge in [-0.25, -0.2) is 0 Å². The Morgan fingerprint density at radius 1 is 0.431 bits per heavy atom. The van der Waals surface area contributed by atoms with Gasteiger partial charge in [0, 0.05) is 12.8 Å². The lowest BCUT2D eigenvalue weighted by Crippen LogP contribution is -2.45. The van der Waals surface area contributed by atoms with Crippen LogP contribution < -0.4 is 5.32 Å². The summed E-state index contributed by atoms with van der Waals surface area (Å²) in [6.45, 7) is 4.80. The SMILES string of the molecule is CCC/C=C\C/C=C\CCCCCCCC(=O)OCCCCCCCCCCCCCC(=O)NC(CO)C(O)/C=C/CCCCCCCCCCCCCCCCCCCCCCCC. The van der Waals surface area contributed by atoms with Crippen LogP contribution in [0.2, 0.25) is 0 Å². The van der Waals surface area contributed by atoms with Crippen molar-refractivity contribution in [3.8, 4) is 0 Å². The van der Waals surface area contributed by atoms with E-state index in [1.165, 1.54) is 205 Å². The minimum Gasteiger partial charge on any atom is -0.466 e. The lowest BCUT2D eigenvalue weighted by molar-refractivity contribution is -0.143. The first-order valence-corrected chi connectivity index (χ1v) is 28.8. The summed E-state index contributed by atoms with van der Waals surface area (Å²) in [5.41, 5.74) is 0. The van der Waals surface area contributed by atoms with Crippen molar-refractivity contribution in [1.29, 1.82) is 0 Å². The summed E-state index contributed by atoms with van der Waals surface area (Å²) >= 11 is 0. The van der Waals surface area contributed by atoms with Crippen LogP contribution in [0.5, 0.6) is 0 Å². The fraction of sp³-hybridized carbons (Fsp3) is 0.864. The van der Waals surface area contributed by atoms with E-state index in [4.69, 9.17) is 4.74 Å². The Morgan fingerprint density at radius 3 is 1.23 bits per heavy atom. The standard InChI is InChI=1S/C59H111NO5/c1-3-5-7-9-11-13-15-17-18-19-20-21-22-23-24-25-26-27-29-31-35-39-43-47-51-57(62)56(55-61)60-58(63)52-48-44-40-36-32-30-34-38-42-46-50-54-65-59(64)53-49-45-41-37-33-28-16-14-12-10-8-6-4-2/h8,10,14,16,47,51,56-57,61-62H,3-7,9,11-13,15,17-46,48-50,52-55H2,1-2H3,(H,60,63)/b10-8-,16-14-,51-47+. The van der Waals surface area contributed by atoms with E-state index in [2.05, 4.69) is 43.5 Å². The molecule has 3 N–H and O–H groups in total. The Labute approximate surface area is 404 Å². The second-order valence-corrected chi connectivity index (χ2v) is 19.6. The molecule has 0 aromatic carbocycles. The Kier molecular flexibility index (Phi) is 53.1. The first kappa shape index (κ1) is 63.1. The van der Waals surface area contributed by atoms with Crippen LogP contribution in [0.3, 0.4) is 0 Å². The summed E-state index contributed by atoms with van der Waals surface area (Å²) in [7, 11) is 0. The minimum atomic E-state index is -0.859. The highest BCUT2D eigenvalue weighted by Crippen LogP contribution is 2.17. The molecule has 0 aliphatic carbocycles. The van der Waals surface area contributed by atoms with Gasteiger partial charge in [0.2, 0.25) is 5.91 Å². The van der Waals surface area contributed by atoms with Crippen LogP contribution in [0.25, 0.3) is 0 Å². The second kappa shape index (κ2) is 54.7. The third-order valence-corrected chi connectivity index (χ3v) is 13.1. The number of carbonyl (C=O) groups excluding carboxylic acids is 2. The van der Waals surface area contributed by atoms with Gasteiger partial charge in [0.1, 0.15) is 0 Å². The molecular formula is C59H111NO5. The number of hydrogen-bond acceptors (Lipinski definition) is 5. The molecule has 0 radical (unpaired) electrons. The zero-order valence-corrected chi connectivity index (χ0v) is 43.5. The van der Waals surface area contributed by atoms with Crippen LogP contribution in [0.1, 0.15) is 303 Å². The number of hydrogen-bond donors (Lipinski definition) is 3. The van der Waals surface area contributed by atoms with Crippen LogP contribution in [0, 0.1) is 0 Å². The Morgan fingerprint density at radius 2 is 0.800 bits per heavy atom. The van der Waals surface area contributed by atoms with Gasteiger partial charge >= 0.3 is 5.97 Å². The van der Waals surface area contributed by atoms with E-state index in [9.17, 15) is 19.8 Å². The number of aliphatic hydroxyl groups excluding tert-OH is 2. The Bertz CT molecular complexity index is 1060. The number of carbonyl (C=O) groups is 2. The minimum absolute atomic E-state index is 0.0304. The average Bonchev–Trinajstić information content (AvgIpc) is 3.31. The number of nitrogens with one attached hydrogen (secondary N) is 1. The van der Waals surface area contributed by atoms with E-state index < -0.39 is 12.1 Å². The van der Waals surface area contributed by atoms with E-state index in [-0.39, 0.29) is 18.5 Å². The van der Waals surface area contributed by atoms with Gasteiger partial charge in [-0.2, -0.15) is 0 Å². The Balaban J connectivity index is 3.51. The Hall–Kier alpha value is -1.92. The van der Waals surface area contributed by atoms with E-state index in [0.717, 1.165) is 70.6 Å². The molecule has 6 heteroatoms. The molecular weight excluding hydrogens is 803 g/mol. The summed E-state index contributed by atoms with van der Waals surface area (Å²) in [6, 6.07) is -0.644. The smallest absolute Gasteiger partial charge is 0.305 e. The summed E-state index contributed by atoms with van der Waals surface area (Å²) in [6.07, 6.45) is 67.3. The molecule has 1 amide bonds. The third-order valence-electron chi connectivity index (χ3n) is 13.1. The van der Waals surface area contributed by atoms with Gasteiger partial charge in [-0.3, -0.25) is 9.59 Å². The van der Waals surface area contributed by atoms with Crippen molar-refractivity contribution >= 4 is 11.9 Å². The van der Waals surface area contributed by atoms with Crippen molar-refractivity contribution < 1.29 is 24.5 Å². The van der Waals surface area contributed by atoms with Crippen molar-refractivity contribution in [2.75, 3.05) is 13.2 Å². The summed E-state index contributed by atoms with van der Waals surface area (Å²) < 4.78 is 5.45. The maximum Gasteiger partial charge on any atom is 0.305 e. The normalized spacial score (nSPS) is 12.9. The second-order valence-electron chi connectivity index (χ2n) is 19.6. The van der Waals surface area contributed by atoms with Crippen LogP contribution in [0.4, 0.5) is 0 Å². The molecule has 0 fully saturated rings. The molecule has 0 aliphatic rings. The van der Waals surface area contributed by atoms with Crippen molar-refractivity contribution in [1.82, 2.24) is 5.32 Å². The van der Waals surface area contributed by atoms with E-state index in [1.54, 1.807) is 6.08 Å². The number of esters is 1. The highest BCUT2D eigenvalue weighted by atomic mass is 16.5. The van der Waals surface area contributed by atoms with Gasteiger partial charge in [0.15, 0.2) is 0 Å². The fourth-order valence-corrected chi connectivity index (χ4v) is 8.73. The average molecular weight is 915 g/mol. The lowest BCUT2D eigenvalue weighted by atomic mass is 10.0.